The highest BCUT2D eigenvalue weighted by Crippen LogP contribution is 2.37. The van der Waals surface area contributed by atoms with E-state index in [-0.39, 0.29) is 11.5 Å². The van der Waals surface area contributed by atoms with E-state index in [4.69, 9.17) is 9.15 Å². The number of carbonyl (C=O) groups is 1. The summed E-state index contributed by atoms with van der Waals surface area (Å²) in [5.74, 6) is 0.258. The van der Waals surface area contributed by atoms with E-state index in [1.807, 2.05) is 32.9 Å². The average Bonchev–Trinajstić information content (AvgIpc) is 2.82. The number of rotatable bonds is 5. The molecular formula is C28H33BrN2O4. The largest absolute Gasteiger partial charge is 0.465 e. The van der Waals surface area contributed by atoms with Crippen molar-refractivity contribution in [1.29, 1.82) is 0 Å². The van der Waals surface area contributed by atoms with Crippen LogP contribution in [0.15, 0.2) is 44.0 Å². The van der Waals surface area contributed by atoms with Gasteiger partial charge in [0.1, 0.15) is 5.58 Å². The smallest absolute Gasteiger partial charge is 0.339 e. The minimum absolute atomic E-state index is 0.0112. The number of nitrogens with one attached hydrogen (secondary N) is 1. The van der Waals surface area contributed by atoms with Crippen LogP contribution in [0.4, 0.5) is 11.6 Å². The summed E-state index contributed by atoms with van der Waals surface area (Å²) < 4.78 is 12.1. The predicted molar refractivity (Wildman–Crippen MR) is 145 cm³/mol. The van der Waals surface area contributed by atoms with Gasteiger partial charge in [-0.3, -0.25) is 4.79 Å². The highest BCUT2D eigenvalue weighted by Gasteiger charge is 2.29. The van der Waals surface area contributed by atoms with Crippen molar-refractivity contribution < 1.29 is 13.9 Å². The van der Waals surface area contributed by atoms with Crippen LogP contribution in [-0.4, -0.2) is 26.2 Å². The maximum Gasteiger partial charge on any atom is 0.339 e. The van der Waals surface area contributed by atoms with Gasteiger partial charge in [-0.15, -0.1) is 0 Å². The minimum Gasteiger partial charge on any atom is -0.465 e. The Balaban J connectivity index is 1.77. The Bertz CT molecular complexity index is 1340. The van der Waals surface area contributed by atoms with Gasteiger partial charge in [-0.05, 0) is 78.7 Å². The average molecular weight is 541 g/mol. The lowest BCUT2D eigenvalue weighted by Gasteiger charge is -2.37. The van der Waals surface area contributed by atoms with Crippen LogP contribution >= 0.6 is 15.9 Å². The molecule has 3 aromatic rings. The monoisotopic (exact) mass is 540 g/mol. The van der Waals surface area contributed by atoms with Gasteiger partial charge in [0.25, 0.3) is 0 Å². The lowest BCUT2D eigenvalue weighted by molar-refractivity contribution is 0.0599. The number of fused-ring (bicyclic) bond motifs is 1. The first-order valence-electron chi connectivity index (χ1n) is 12.0. The SMILES string of the molecule is COC(=O)c1cccc(NC(C)c2cc(C)cc3c(=O)c(C)c(N4CCC(C)(C)CC4)oc23)c1Br. The molecule has 6 nitrogen and oxygen atoms in total. The van der Waals surface area contributed by atoms with Crippen molar-refractivity contribution in [2.75, 3.05) is 30.4 Å². The maximum atomic E-state index is 13.4. The molecule has 1 aromatic heterocycles. The van der Waals surface area contributed by atoms with Gasteiger partial charge in [-0.25, -0.2) is 4.79 Å². The molecule has 35 heavy (non-hydrogen) atoms. The summed E-state index contributed by atoms with van der Waals surface area (Å²) >= 11 is 3.54. The predicted octanol–water partition coefficient (Wildman–Crippen LogP) is 6.76. The van der Waals surface area contributed by atoms with Crippen LogP contribution < -0.4 is 15.6 Å². The molecule has 4 rings (SSSR count). The lowest BCUT2D eigenvalue weighted by Crippen LogP contribution is -2.38. The number of esters is 1. The Hall–Kier alpha value is -2.80. The lowest BCUT2D eigenvalue weighted by atomic mass is 9.82. The van der Waals surface area contributed by atoms with Gasteiger partial charge < -0.3 is 19.4 Å². The van der Waals surface area contributed by atoms with E-state index >= 15 is 0 Å². The minimum atomic E-state index is -0.412. The second-order valence-electron chi connectivity index (χ2n) is 10.3. The summed E-state index contributed by atoms with van der Waals surface area (Å²) in [5.41, 5.74) is 4.65. The quantitative estimate of drug-likeness (QED) is 0.360. The van der Waals surface area contributed by atoms with Crippen molar-refractivity contribution in [2.24, 2.45) is 5.41 Å². The second kappa shape index (κ2) is 9.69. The molecule has 1 fully saturated rings. The summed E-state index contributed by atoms with van der Waals surface area (Å²) in [7, 11) is 1.36. The van der Waals surface area contributed by atoms with Crippen molar-refractivity contribution in [1.82, 2.24) is 0 Å². The van der Waals surface area contributed by atoms with Crippen LogP contribution in [-0.2, 0) is 4.74 Å². The molecule has 2 aromatic carbocycles. The van der Waals surface area contributed by atoms with E-state index in [9.17, 15) is 9.59 Å². The molecule has 2 heterocycles. The molecule has 1 aliphatic rings. The zero-order valence-electron chi connectivity index (χ0n) is 21.3. The summed E-state index contributed by atoms with van der Waals surface area (Å²) in [4.78, 5) is 27.8. The molecule has 1 saturated heterocycles. The Morgan fingerprint density at radius 1 is 1.20 bits per heavy atom. The molecule has 7 heteroatoms. The van der Waals surface area contributed by atoms with Crippen molar-refractivity contribution in [2.45, 2.75) is 53.5 Å². The maximum absolute atomic E-state index is 13.4. The standard InChI is InChI=1S/C28H33BrN2O4/c1-16-14-20(18(3)30-22-9-7-8-19(23(22)29)27(33)34-6)25-21(15-16)24(32)17(2)26(35-25)31-12-10-28(4,5)11-13-31/h7-9,14-15,18,30H,10-13H2,1-6H3. The van der Waals surface area contributed by atoms with E-state index in [1.165, 1.54) is 7.11 Å². The number of halogens is 1. The zero-order chi connectivity index (χ0) is 25.5. The molecule has 186 valence electrons. The highest BCUT2D eigenvalue weighted by molar-refractivity contribution is 9.10. The molecule has 0 bridgehead atoms. The van der Waals surface area contributed by atoms with Gasteiger partial charge >= 0.3 is 5.97 Å². The fourth-order valence-electron chi connectivity index (χ4n) is 4.72. The van der Waals surface area contributed by atoms with Gasteiger partial charge in [-0.1, -0.05) is 26.0 Å². The van der Waals surface area contributed by atoms with Crippen LogP contribution in [0, 0.1) is 19.3 Å². The summed E-state index contributed by atoms with van der Waals surface area (Å²) in [6, 6.07) is 9.18. The fourth-order valence-corrected chi connectivity index (χ4v) is 5.26. The number of ether oxygens (including phenoxy) is 1. The topological polar surface area (TPSA) is 71.8 Å². The molecule has 0 radical (unpaired) electrons. The van der Waals surface area contributed by atoms with Gasteiger partial charge in [0.2, 0.25) is 5.88 Å². The molecule has 1 aliphatic heterocycles. The molecular weight excluding hydrogens is 508 g/mol. The van der Waals surface area contributed by atoms with Gasteiger partial charge in [-0.2, -0.15) is 0 Å². The third-order valence-corrected chi connectivity index (χ3v) is 7.87. The van der Waals surface area contributed by atoms with Crippen molar-refractivity contribution >= 4 is 44.4 Å². The van der Waals surface area contributed by atoms with E-state index in [0.29, 0.717) is 37.9 Å². The highest BCUT2D eigenvalue weighted by atomic mass is 79.9. The van der Waals surface area contributed by atoms with Crippen molar-refractivity contribution in [3.8, 4) is 0 Å². The summed E-state index contributed by atoms with van der Waals surface area (Å²) in [6.45, 7) is 12.2. The number of hydrogen-bond acceptors (Lipinski definition) is 6. The third-order valence-electron chi connectivity index (χ3n) is 7.01. The number of aryl methyl sites for hydroxylation is 1. The van der Waals surface area contributed by atoms with Crippen LogP contribution in [0.5, 0.6) is 0 Å². The Morgan fingerprint density at radius 2 is 1.89 bits per heavy atom. The zero-order valence-corrected chi connectivity index (χ0v) is 22.8. The Morgan fingerprint density at radius 3 is 2.54 bits per heavy atom. The molecule has 0 spiro atoms. The van der Waals surface area contributed by atoms with Crippen LogP contribution in [0.25, 0.3) is 11.0 Å². The molecule has 0 aliphatic carbocycles. The fraction of sp³-hybridized carbons (Fsp3) is 0.429. The normalized spacial score (nSPS) is 16.3. The Labute approximate surface area is 214 Å². The van der Waals surface area contributed by atoms with Crippen molar-refractivity contribution in [3.05, 3.63) is 67.3 Å². The number of nitrogens with zero attached hydrogens (tertiary/aromatic N) is 1. The first kappa shape index (κ1) is 25.3. The van der Waals surface area contributed by atoms with E-state index in [2.05, 4.69) is 46.1 Å². The van der Waals surface area contributed by atoms with E-state index < -0.39 is 5.97 Å². The van der Waals surface area contributed by atoms with Crippen LogP contribution in [0.2, 0.25) is 0 Å². The number of anilines is 2. The number of benzene rings is 2. The molecule has 0 amide bonds. The number of methoxy groups -OCH3 is 1. The van der Waals surface area contributed by atoms with Gasteiger partial charge in [0, 0.05) is 24.3 Å². The summed E-state index contributed by atoms with van der Waals surface area (Å²) in [6.07, 6.45) is 2.11. The van der Waals surface area contributed by atoms with E-state index in [0.717, 1.165) is 42.7 Å². The van der Waals surface area contributed by atoms with Crippen molar-refractivity contribution in [3.63, 3.8) is 0 Å². The molecule has 0 saturated carbocycles. The second-order valence-corrected chi connectivity index (χ2v) is 11.1. The number of piperidine rings is 1. The first-order chi connectivity index (χ1) is 16.5. The third kappa shape index (κ3) is 4.96. The van der Waals surface area contributed by atoms with E-state index in [1.54, 1.807) is 12.1 Å². The molecule has 1 unspecified atom stereocenters. The van der Waals surface area contributed by atoms with Crippen LogP contribution in [0.3, 0.4) is 0 Å². The Kier molecular flexibility index (Phi) is 7.00. The number of carbonyl (C=O) groups excluding carboxylic acids is 1. The first-order valence-corrected chi connectivity index (χ1v) is 12.8. The molecule has 1 atom stereocenters. The van der Waals surface area contributed by atoms with Gasteiger partial charge in [0.15, 0.2) is 5.43 Å². The number of hydrogen-bond donors (Lipinski definition) is 1. The van der Waals surface area contributed by atoms with Crippen LogP contribution in [0.1, 0.15) is 66.7 Å². The summed E-state index contributed by atoms with van der Waals surface area (Å²) in [5, 5.41) is 4.07. The van der Waals surface area contributed by atoms with Gasteiger partial charge in [0.05, 0.1) is 34.1 Å². The molecule has 1 N–H and O–H groups in total.